The molecule has 0 aliphatic rings. The lowest BCUT2D eigenvalue weighted by molar-refractivity contribution is -0.124. The Balaban J connectivity index is 3.85. The second-order valence-corrected chi connectivity index (χ2v) is 9.24. The number of aliphatic hydroxyl groups is 3. The second kappa shape index (κ2) is 23.3. The maximum Gasteiger partial charge on any atom is 0.220 e. The molecule has 0 radical (unpaired) electrons. The molecule has 0 rings (SSSR count). The number of nitrogens with one attached hydrogen (secondary N) is 1. The van der Waals surface area contributed by atoms with E-state index in [-0.39, 0.29) is 12.5 Å². The molecule has 32 heavy (non-hydrogen) atoms. The molecule has 0 saturated heterocycles. The van der Waals surface area contributed by atoms with Gasteiger partial charge in [-0.3, -0.25) is 4.79 Å². The van der Waals surface area contributed by atoms with Gasteiger partial charge in [0.1, 0.15) is 6.10 Å². The molecule has 0 fully saturated rings. The maximum absolute atomic E-state index is 12.2. The monoisotopic (exact) mass is 455 g/mol. The van der Waals surface area contributed by atoms with Crippen LogP contribution >= 0.6 is 0 Å². The van der Waals surface area contributed by atoms with Crippen molar-refractivity contribution in [2.75, 3.05) is 6.61 Å². The van der Waals surface area contributed by atoms with Gasteiger partial charge in [-0.25, -0.2) is 0 Å². The van der Waals surface area contributed by atoms with Crippen molar-refractivity contribution in [1.29, 1.82) is 0 Å². The summed E-state index contributed by atoms with van der Waals surface area (Å²) < 4.78 is 0. The highest BCUT2D eigenvalue weighted by molar-refractivity contribution is 5.76. The molecule has 1 amide bonds. The lowest BCUT2D eigenvalue weighted by Crippen LogP contribution is -2.50. The van der Waals surface area contributed by atoms with E-state index in [2.05, 4.69) is 31.3 Å². The first-order valence-electron chi connectivity index (χ1n) is 13.5. The molecule has 0 aliphatic heterocycles. The van der Waals surface area contributed by atoms with Crippen molar-refractivity contribution in [3.8, 4) is 0 Å². The lowest BCUT2D eigenvalue weighted by Gasteiger charge is -2.26. The fraction of sp³-hybridized carbons (Fsp3) is 0.889. The number of aliphatic hydroxyl groups excluding tert-OH is 3. The van der Waals surface area contributed by atoms with E-state index in [0.717, 1.165) is 51.4 Å². The van der Waals surface area contributed by atoms with Gasteiger partial charge in [0.2, 0.25) is 5.91 Å². The number of rotatable bonds is 23. The molecule has 0 bridgehead atoms. The van der Waals surface area contributed by atoms with Gasteiger partial charge >= 0.3 is 0 Å². The van der Waals surface area contributed by atoms with Gasteiger partial charge in [0.15, 0.2) is 0 Å². The van der Waals surface area contributed by atoms with Crippen LogP contribution in [0.2, 0.25) is 0 Å². The van der Waals surface area contributed by atoms with Crippen LogP contribution in [0.5, 0.6) is 0 Å². The molecule has 0 aromatic carbocycles. The molecule has 5 heteroatoms. The summed E-state index contributed by atoms with van der Waals surface area (Å²) in [5.41, 5.74) is 0. The highest BCUT2D eigenvalue weighted by atomic mass is 16.3. The first kappa shape index (κ1) is 31.1. The minimum absolute atomic E-state index is 0.165. The molecule has 0 aliphatic carbocycles. The van der Waals surface area contributed by atoms with Gasteiger partial charge < -0.3 is 20.6 Å². The van der Waals surface area contributed by atoms with E-state index in [1.54, 1.807) is 0 Å². The van der Waals surface area contributed by atoms with Crippen molar-refractivity contribution in [3.63, 3.8) is 0 Å². The lowest BCUT2D eigenvalue weighted by atomic mass is 9.99. The minimum atomic E-state index is -1.13. The highest BCUT2D eigenvalue weighted by Crippen LogP contribution is 2.14. The van der Waals surface area contributed by atoms with Gasteiger partial charge in [-0.1, -0.05) is 103 Å². The first-order chi connectivity index (χ1) is 15.6. The predicted octanol–water partition coefficient (Wildman–Crippen LogP) is 5.80. The molecule has 0 saturated carbocycles. The number of allylic oxidation sites excluding steroid dienone is 2. The third kappa shape index (κ3) is 18.6. The van der Waals surface area contributed by atoms with Crippen LogP contribution in [0.3, 0.4) is 0 Å². The van der Waals surface area contributed by atoms with Crippen LogP contribution in [0, 0.1) is 0 Å². The molecule has 0 aromatic rings. The van der Waals surface area contributed by atoms with Crippen LogP contribution < -0.4 is 5.32 Å². The minimum Gasteiger partial charge on any atom is -0.394 e. The Morgan fingerprint density at radius 3 is 1.91 bits per heavy atom. The molecule has 0 aromatic heterocycles. The van der Waals surface area contributed by atoms with E-state index in [0.29, 0.717) is 12.8 Å². The van der Waals surface area contributed by atoms with Gasteiger partial charge in [0.25, 0.3) is 0 Å². The fourth-order valence-corrected chi connectivity index (χ4v) is 3.90. The summed E-state index contributed by atoms with van der Waals surface area (Å²) in [6, 6.07) is -0.806. The summed E-state index contributed by atoms with van der Waals surface area (Å²) in [4.78, 5) is 12.2. The van der Waals surface area contributed by atoms with Crippen LogP contribution in [0.4, 0.5) is 0 Å². The van der Waals surface area contributed by atoms with Gasteiger partial charge in [-0.15, -0.1) is 0 Å². The number of carbonyl (C=O) groups is 1. The first-order valence-corrected chi connectivity index (χ1v) is 13.5. The Kier molecular flexibility index (Phi) is 22.6. The molecule has 0 heterocycles. The number of hydrogen-bond acceptors (Lipinski definition) is 4. The standard InChI is InChI=1S/C27H53NO4/c1-3-5-7-9-11-13-14-16-18-20-22-26(31)28-24(23-29)27(32)25(30)21-19-17-15-12-10-8-6-4-2/h9,11,24-25,27,29-30,32H,3-8,10,12-23H2,1-2H3,(H,28,31)/b11-9-. The van der Waals surface area contributed by atoms with Gasteiger partial charge in [-0.05, 0) is 32.1 Å². The van der Waals surface area contributed by atoms with Crippen LogP contribution in [0.1, 0.15) is 129 Å². The van der Waals surface area contributed by atoms with Gasteiger partial charge in [0, 0.05) is 6.42 Å². The van der Waals surface area contributed by atoms with Crippen LogP contribution in [-0.2, 0) is 4.79 Å². The third-order valence-corrected chi connectivity index (χ3v) is 6.12. The Bertz CT molecular complexity index is 441. The summed E-state index contributed by atoms with van der Waals surface area (Å²) in [6.45, 7) is 4.05. The van der Waals surface area contributed by atoms with E-state index in [1.807, 2.05) is 0 Å². The van der Waals surface area contributed by atoms with Crippen molar-refractivity contribution in [3.05, 3.63) is 12.2 Å². The van der Waals surface area contributed by atoms with Crippen molar-refractivity contribution in [2.45, 2.75) is 148 Å². The molecule has 190 valence electrons. The Morgan fingerprint density at radius 1 is 0.750 bits per heavy atom. The van der Waals surface area contributed by atoms with Crippen molar-refractivity contribution < 1.29 is 20.1 Å². The maximum atomic E-state index is 12.2. The zero-order chi connectivity index (χ0) is 23.9. The average molecular weight is 456 g/mol. The summed E-state index contributed by atoms with van der Waals surface area (Å²) in [5.74, 6) is -0.165. The molecule has 3 atom stereocenters. The summed E-state index contributed by atoms with van der Waals surface area (Å²) >= 11 is 0. The molecule has 0 spiro atoms. The van der Waals surface area contributed by atoms with Crippen LogP contribution in [0.15, 0.2) is 12.2 Å². The van der Waals surface area contributed by atoms with Crippen molar-refractivity contribution in [1.82, 2.24) is 5.32 Å². The van der Waals surface area contributed by atoms with Crippen molar-refractivity contribution >= 4 is 5.91 Å². The van der Waals surface area contributed by atoms with Gasteiger partial charge in [-0.2, -0.15) is 0 Å². The van der Waals surface area contributed by atoms with Crippen LogP contribution in [0.25, 0.3) is 0 Å². The number of carbonyl (C=O) groups excluding carboxylic acids is 1. The van der Waals surface area contributed by atoms with Gasteiger partial charge in [0.05, 0.1) is 18.8 Å². The zero-order valence-corrected chi connectivity index (χ0v) is 21.1. The number of hydrogen-bond donors (Lipinski definition) is 4. The second-order valence-electron chi connectivity index (χ2n) is 9.24. The molecule has 4 N–H and O–H groups in total. The summed E-state index contributed by atoms with van der Waals surface area (Å²) in [7, 11) is 0. The van der Waals surface area contributed by atoms with E-state index >= 15 is 0 Å². The smallest absolute Gasteiger partial charge is 0.220 e. The van der Waals surface area contributed by atoms with E-state index < -0.39 is 18.2 Å². The highest BCUT2D eigenvalue weighted by Gasteiger charge is 2.26. The topological polar surface area (TPSA) is 89.8 Å². The van der Waals surface area contributed by atoms with E-state index in [9.17, 15) is 20.1 Å². The molecule has 3 unspecified atom stereocenters. The normalized spacial score (nSPS) is 14.5. The Labute approximate surface area is 198 Å². The Hall–Kier alpha value is -0.910. The summed E-state index contributed by atoms with van der Waals surface area (Å²) in [5, 5.41) is 32.9. The molecular weight excluding hydrogens is 402 g/mol. The third-order valence-electron chi connectivity index (χ3n) is 6.12. The Morgan fingerprint density at radius 2 is 1.28 bits per heavy atom. The van der Waals surface area contributed by atoms with E-state index in [1.165, 1.54) is 51.4 Å². The fourth-order valence-electron chi connectivity index (χ4n) is 3.90. The largest absolute Gasteiger partial charge is 0.394 e. The quantitative estimate of drug-likeness (QED) is 0.116. The molecule has 5 nitrogen and oxygen atoms in total. The predicted molar refractivity (Wildman–Crippen MR) is 135 cm³/mol. The zero-order valence-electron chi connectivity index (χ0n) is 21.1. The molecular formula is C27H53NO4. The van der Waals surface area contributed by atoms with E-state index in [4.69, 9.17) is 0 Å². The number of unbranched alkanes of at least 4 members (excludes halogenated alkanes) is 13. The number of amides is 1. The average Bonchev–Trinajstić information content (AvgIpc) is 2.79. The van der Waals surface area contributed by atoms with Crippen molar-refractivity contribution in [2.24, 2.45) is 0 Å². The summed E-state index contributed by atoms with van der Waals surface area (Å²) in [6.07, 6.45) is 21.6. The SMILES string of the molecule is CCCC/C=C\CCCCCCC(=O)NC(CO)C(O)C(O)CCCCCCCCCC. The van der Waals surface area contributed by atoms with Crippen LogP contribution in [-0.4, -0.2) is 46.1 Å².